The number of aryl methyl sites for hydroxylation is 1. The molecule has 0 aliphatic carbocycles. The third kappa shape index (κ3) is 1.69. The molecule has 4 heteroatoms. The Morgan fingerprint density at radius 2 is 2.06 bits per heavy atom. The average Bonchev–Trinajstić information content (AvgIpc) is 2.73. The molecule has 84 valence electrons. The highest BCUT2D eigenvalue weighted by Crippen LogP contribution is 2.27. The maximum atomic E-state index is 5.76. The summed E-state index contributed by atoms with van der Waals surface area (Å²) in [4.78, 5) is 8.86. The van der Waals surface area contributed by atoms with Crippen LogP contribution in [0.15, 0.2) is 16.5 Å². The van der Waals surface area contributed by atoms with Crippen LogP contribution in [0.2, 0.25) is 0 Å². The third-order valence-electron chi connectivity index (χ3n) is 3.10. The molecular weight excluding hydrogens is 202 g/mol. The van der Waals surface area contributed by atoms with Crippen molar-refractivity contribution < 1.29 is 4.42 Å². The van der Waals surface area contributed by atoms with Crippen molar-refractivity contribution in [2.45, 2.75) is 25.7 Å². The Morgan fingerprint density at radius 1 is 1.25 bits per heavy atom. The third-order valence-corrected chi connectivity index (χ3v) is 3.10. The van der Waals surface area contributed by atoms with Crippen LogP contribution in [0.1, 0.15) is 30.3 Å². The lowest BCUT2D eigenvalue weighted by molar-refractivity contribution is 0.385. The minimum Gasteiger partial charge on any atom is -0.439 e. The predicted octanol–water partition coefficient (Wildman–Crippen LogP) is 2.00. The first-order valence-electron chi connectivity index (χ1n) is 5.78. The molecular formula is C12H15N3O. The van der Waals surface area contributed by atoms with Crippen LogP contribution in [0, 0.1) is 6.92 Å². The fourth-order valence-corrected chi connectivity index (χ4v) is 2.17. The van der Waals surface area contributed by atoms with E-state index in [9.17, 15) is 0 Å². The van der Waals surface area contributed by atoms with Crippen molar-refractivity contribution in [3.05, 3.63) is 23.7 Å². The molecule has 1 fully saturated rings. The van der Waals surface area contributed by atoms with E-state index in [1.54, 1.807) is 0 Å². The van der Waals surface area contributed by atoms with Crippen LogP contribution in [0.4, 0.5) is 0 Å². The number of nitrogens with zero attached hydrogens (tertiary/aromatic N) is 2. The molecule has 0 spiro atoms. The molecule has 1 saturated heterocycles. The average molecular weight is 217 g/mol. The maximum absolute atomic E-state index is 5.76. The van der Waals surface area contributed by atoms with Gasteiger partial charge >= 0.3 is 0 Å². The molecule has 0 aromatic carbocycles. The van der Waals surface area contributed by atoms with Crippen molar-refractivity contribution in [1.29, 1.82) is 0 Å². The highest BCUT2D eigenvalue weighted by molar-refractivity contribution is 5.67. The van der Waals surface area contributed by atoms with Gasteiger partial charge in [0.15, 0.2) is 17.1 Å². The number of pyridine rings is 1. The van der Waals surface area contributed by atoms with E-state index < -0.39 is 0 Å². The summed E-state index contributed by atoms with van der Waals surface area (Å²) in [5.41, 5.74) is 2.53. The molecule has 0 saturated carbocycles. The lowest BCUT2D eigenvalue weighted by atomic mass is 9.98. The van der Waals surface area contributed by atoms with Crippen LogP contribution in [0.5, 0.6) is 0 Å². The first-order valence-corrected chi connectivity index (χ1v) is 5.78. The number of aromatic nitrogens is 2. The number of rotatable bonds is 1. The van der Waals surface area contributed by atoms with Gasteiger partial charge in [0.25, 0.3) is 0 Å². The molecule has 3 rings (SSSR count). The number of piperidine rings is 1. The monoisotopic (exact) mass is 217 g/mol. The molecule has 0 bridgehead atoms. The number of nitrogens with one attached hydrogen (secondary N) is 1. The molecule has 0 atom stereocenters. The lowest BCUT2D eigenvalue weighted by Crippen LogP contribution is -2.26. The van der Waals surface area contributed by atoms with E-state index in [0.717, 1.165) is 48.7 Å². The second-order valence-corrected chi connectivity index (χ2v) is 4.35. The number of fused-ring (bicyclic) bond motifs is 1. The van der Waals surface area contributed by atoms with E-state index in [1.165, 1.54) is 0 Å². The molecule has 1 aliphatic heterocycles. The molecule has 0 amide bonds. The Morgan fingerprint density at radius 3 is 2.88 bits per heavy atom. The van der Waals surface area contributed by atoms with Gasteiger partial charge in [-0.3, -0.25) is 0 Å². The van der Waals surface area contributed by atoms with Gasteiger partial charge in [0.05, 0.1) is 0 Å². The Kier molecular flexibility index (Phi) is 2.36. The number of oxazole rings is 1. The standard InChI is InChI=1S/C12H15N3O/c1-8-2-3-10-11(14-8)15-12(16-10)9-4-6-13-7-5-9/h2-3,9,13H,4-7H2,1H3. The zero-order chi connectivity index (χ0) is 11.0. The second kappa shape index (κ2) is 3.87. The molecule has 16 heavy (non-hydrogen) atoms. The van der Waals surface area contributed by atoms with E-state index >= 15 is 0 Å². The summed E-state index contributed by atoms with van der Waals surface area (Å²) in [6.45, 7) is 4.07. The fourth-order valence-electron chi connectivity index (χ4n) is 2.17. The summed E-state index contributed by atoms with van der Waals surface area (Å²) >= 11 is 0. The maximum Gasteiger partial charge on any atom is 0.200 e. The summed E-state index contributed by atoms with van der Waals surface area (Å²) in [6, 6.07) is 3.91. The van der Waals surface area contributed by atoms with Crippen LogP contribution in [-0.4, -0.2) is 23.1 Å². The summed E-state index contributed by atoms with van der Waals surface area (Å²) in [6.07, 6.45) is 2.21. The minimum atomic E-state index is 0.454. The van der Waals surface area contributed by atoms with Crippen LogP contribution < -0.4 is 5.32 Å². The first-order chi connectivity index (χ1) is 7.83. The Labute approximate surface area is 94.1 Å². The van der Waals surface area contributed by atoms with Gasteiger partial charge in [-0.2, -0.15) is 4.98 Å². The van der Waals surface area contributed by atoms with Gasteiger partial charge in [-0.05, 0) is 45.0 Å². The van der Waals surface area contributed by atoms with E-state index in [-0.39, 0.29) is 0 Å². The van der Waals surface area contributed by atoms with Gasteiger partial charge in [0.1, 0.15) is 0 Å². The van der Waals surface area contributed by atoms with E-state index in [0.29, 0.717) is 5.92 Å². The van der Waals surface area contributed by atoms with Gasteiger partial charge < -0.3 is 9.73 Å². The van der Waals surface area contributed by atoms with Gasteiger partial charge in [0, 0.05) is 11.6 Å². The highest BCUT2D eigenvalue weighted by Gasteiger charge is 2.20. The van der Waals surface area contributed by atoms with Crippen molar-refractivity contribution in [2.75, 3.05) is 13.1 Å². The summed E-state index contributed by atoms with van der Waals surface area (Å²) in [5, 5.41) is 3.34. The smallest absolute Gasteiger partial charge is 0.200 e. The Bertz CT molecular complexity index is 500. The zero-order valence-electron chi connectivity index (χ0n) is 9.36. The van der Waals surface area contributed by atoms with Crippen LogP contribution in [0.25, 0.3) is 11.2 Å². The van der Waals surface area contributed by atoms with Crippen molar-refractivity contribution >= 4 is 11.2 Å². The molecule has 0 radical (unpaired) electrons. The van der Waals surface area contributed by atoms with Crippen molar-refractivity contribution in [1.82, 2.24) is 15.3 Å². The van der Waals surface area contributed by atoms with Crippen molar-refractivity contribution in [3.63, 3.8) is 0 Å². The van der Waals surface area contributed by atoms with Gasteiger partial charge in [0.2, 0.25) is 0 Å². The first kappa shape index (κ1) is 9.78. The fraction of sp³-hybridized carbons (Fsp3) is 0.500. The highest BCUT2D eigenvalue weighted by atomic mass is 16.3. The Balaban J connectivity index is 1.97. The van der Waals surface area contributed by atoms with E-state index in [2.05, 4.69) is 15.3 Å². The molecule has 0 unspecified atom stereocenters. The van der Waals surface area contributed by atoms with Gasteiger partial charge in [-0.15, -0.1) is 0 Å². The molecule has 2 aromatic rings. The zero-order valence-corrected chi connectivity index (χ0v) is 9.36. The molecule has 4 nitrogen and oxygen atoms in total. The SMILES string of the molecule is Cc1ccc2oc(C3CCNCC3)nc2n1. The predicted molar refractivity (Wildman–Crippen MR) is 61.4 cm³/mol. The summed E-state index contributed by atoms with van der Waals surface area (Å²) in [5.74, 6) is 1.31. The number of hydrogen-bond acceptors (Lipinski definition) is 4. The lowest BCUT2D eigenvalue weighted by Gasteiger charge is -2.19. The van der Waals surface area contributed by atoms with Crippen molar-refractivity contribution in [2.24, 2.45) is 0 Å². The molecule has 1 N–H and O–H groups in total. The van der Waals surface area contributed by atoms with Gasteiger partial charge in [-0.25, -0.2) is 4.98 Å². The topological polar surface area (TPSA) is 51.0 Å². The molecule has 2 aromatic heterocycles. The second-order valence-electron chi connectivity index (χ2n) is 4.35. The van der Waals surface area contributed by atoms with Crippen LogP contribution >= 0.6 is 0 Å². The quantitative estimate of drug-likeness (QED) is 0.793. The molecule has 1 aliphatic rings. The van der Waals surface area contributed by atoms with Crippen LogP contribution in [-0.2, 0) is 0 Å². The largest absolute Gasteiger partial charge is 0.439 e. The van der Waals surface area contributed by atoms with Crippen molar-refractivity contribution in [3.8, 4) is 0 Å². The minimum absolute atomic E-state index is 0.454. The Hall–Kier alpha value is -1.42. The van der Waals surface area contributed by atoms with Gasteiger partial charge in [-0.1, -0.05) is 0 Å². The van der Waals surface area contributed by atoms with E-state index in [1.807, 2.05) is 19.1 Å². The van der Waals surface area contributed by atoms with Crippen LogP contribution in [0.3, 0.4) is 0 Å². The normalized spacial score (nSPS) is 18.1. The summed E-state index contributed by atoms with van der Waals surface area (Å²) < 4.78 is 5.76. The van der Waals surface area contributed by atoms with E-state index in [4.69, 9.17) is 4.42 Å². The summed E-state index contributed by atoms with van der Waals surface area (Å²) in [7, 11) is 0. The molecule has 3 heterocycles. The number of hydrogen-bond donors (Lipinski definition) is 1.